The number of guanidine groups is 1. The smallest absolute Gasteiger partial charge is 0.191 e. The number of halogens is 2. The highest BCUT2D eigenvalue weighted by Crippen LogP contribution is 2.09. The molecule has 3 rings (SSSR count). The summed E-state index contributed by atoms with van der Waals surface area (Å²) in [4.78, 5) is 13.3. The Bertz CT molecular complexity index is 906. The number of imidazole rings is 1. The van der Waals surface area contributed by atoms with Gasteiger partial charge in [0.1, 0.15) is 17.5 Å². The van der Waals surface area contributed by atoms with Crippen LogP contribution in [0.5, 0.6) is 0 Å². The number of aryl methyl sites for hydroxylation is 1. The van der Waals surface area contributed by atoms with Gasteiger partial charge in [-0.3, -0.25) is 4.57 Å². The van der Waals surface area contributed by atoms with Gasteiger partial charge in [-0.1, -0.05) is 18.2 Å². The highest BCUT2D eigenvalue weighted by Gasteiger charge is 2.03. The first-order chi connectivity index (χ1) is 13.7. The largest absolute Gasteiger partial charge is 0.357 e. The molecule has 0 bridgehead atoms. The molecule has 0 spiro atoms. The van der Waals surface area contributed by atoms with E-state index in [1.54, 1.807) is 18.3 Å². The van der Waals surface area contributed by atoms with Crippen LogP contribution in [-0.2, 0) is 13.0 Å². The Hall–Kier alpha value is -2.49. The maximum absolute atomic E-state index is 13.0. The van der Waals surface area contributed by atoms with Gasteiger partial charge in [0.2, 0.25) is 0 Å². The summed E-state index contributed by atoms with van der Waals surface area (Å²) >= 11 is 0. The average molecular weight is 508 g/mol. The number of nitrogens with zero attached hydrogens (tertiary/aromatic N) is 4. The third-order valence-electron chi connectivity index (χ3n) is 4.27. The standard InChI is InChI=1S/C21H25FN6.HI/c1-3-23-21(25-11-10-17-4-7-19(22)8-5-17)27-15-18-6-9-20(26-14-18)28-13-12-24-16(28)2;/h4-9,12-14H,3,10-11,15H2,1-2H3,(H2,23,25,27);1H. The van der Waals surface area contributed by atoms with Gasteiger partial charge >= 0.3 is 0 Å². The van der Waals surface area contributed by atoms with E-state index in [1.165, 1.54) is 12.1 Å². The zero-order chi connectivity index (χ0) is 19.8. The van der Waals surface area contributed by atoms with E-state index in [4.69, 9.17) is 0 Å². The van der Waals surface area contributed by atoms with Crippen molar-refractivity contribution in [2.24, 2.45) is 4.99 Å². The predicted molar refractivity (Wildman–Crippen MR) is 124 cm³/mol. The van der Waals surface area contributed by atoms with Crippen molar-refractivity contribution in [2.75, 3.05) is 13.1 Å². The third-order valence-corrected chi connectivity index (χ3v) is 4.27. The molecule has 6 nitrogen and oxygen atoms in total. The summed E-state index contributed by atoms with van der Waals surface area (Å²) in [6.45, 7) is 6.00. The van der Waals surface area contributed by atoms with Crippen LogP contribution in [0.3, 0.4) is 0 Å². The molecule has 0 unspecified atom stereocenters. The zero-order valence-corrected chi connectivity index (χ0v) is 18.9. The highest BCUT2D eigenvalue weighted by molar-refractivity contribution is 14.0. The summed E-state index contributed by atoms with van der Waals surface area (Å²) < 4.78 is 14.9. The molecule has 2 aromatic heterocycles. The van der Waals surface area contributed by atoms with Crippen molar-refractivity contribution in [2.45, 2.75) is 26.8 Å². The molecule has 0 aliphatic heterocycles. The molecule has 154 valence electrons. The predicted octanol–water partition coefficient (Wildman–Crippen LogP) is 3.63. The third kappa shape index (κ3) is 6.81. The molecule has 0 aliphatic rings. The molecule has 0 atom stereocenters. The van der Waals surface area contributed by atoms with Crippen LogP contribution >= 0.6 is 24.0 Å². The summed E-state index contributed by atoms with van der Waals surface area (Å²) in [5, 5.41) is 6.54. The van der Waals surface area contributed by atoms with E-state index in [0.717, 1.165) is 41.7 Å². The van der Waals surface area contributed by atoms with Gasteiger partial charge in [-0.15, -0.1) is 24.0 Å². The lowest BCUT2D eigenvalue weighted by Gasteiger charge is -2.11. The Balaban J connectivity index is 0.00000300. The van der Waals surface area contributed by atoms with Crippen LogP contribution in [0.2, 0.25) is 0 Å². The van der Waals surface area contributed by atoms with E-state index in [9.17, 15) is 4.39 Å². The summed E-state index contributed by atoms with van der Waals surface area (Å²) in [6, 6.07) is 10.6. The lowest BCUT2D eigenvalue weighted by Crippen LogP contribution is -2.38. The summed E-state index contributed by atoms with van der Waals surface area (Å²) in [6.07, 6.45) is 6.28. The molecule has 1 aromatic carbocycles. The van der Waals surface area contributed by atoms with Crippen LogP contribution in [0.25, 0.3) is 5.82 Å². The summed E-state index contributed by atoms with van der Waals surface area (Å²) in [7, 11) is 0. The maximum atomic E-state index is 13.0. The number of benzene rings is 1. The van der Waals surface area contributed by atoms with Gasteiger partial charge in [0, 0.05) is 31.7 Å². The van der Waals surface area contributed by atoms with Crippen LogP contribution in [0.4, 0.5) is 4.39 Å². The molecule has 0 fully saturated rings. The van der Waals surface area contributed by atoms with Crippen molar-refractivity contribution >= 4 is 29.9 Å². The van der Waals surface area contributed by atoms with Crippen LogP contribution in [-0.4, -0.2) is 33.6 Å². The molecule has 0 radical (unpaired) electrons. The zero-order valence-electron chi connectivity index (χ0n) is 16.6. The topological polar surface area (TPSA) is 67.1 Å². The lowest BCUT2D eigenvalue weighted by molar-refractivity contribution is 0.626. The quantitative estimate of drug-likeness (QED) is 0.291. The summed E-state index contributed by atoms with van der Waals surface area (Å²) in [5.41, 5.74) is 2.11. The Labute approximate surface area is 187 Å². The molecule has 29 heavy (non-hydrogen) atoms. The SMILES string of the molecule is CCNC(=NCc1ccc(-n2ccnc2C)nc1)NCCc1ccc(F)cc1.I. The van der Waals surface area contributed by atoms with E-state index in [0.29, 0.717) is 13.1 Å². The monoisotopic (exact) mass is 508 g/mol. The second-order valence-electron chi connectivity index (χ2n) is 6.37. The molecular formula is C21H26FIN6. The van der Waals surface area contributed by atoms with Crippen LogP contribution < -0.4 is 10.6 Å². The van der Waals surface area contributed by atoms with Crippen molar-refractivity contribution in [3.63, 3.8) is 0 Å². The number of hydrogen-bond acceptors (Lipinski definition) is 3. The molecule has 3 aromatic rings. The number of rotatable bonds is 7. The van der Waals surface area contributed by atoms with E-state index >= 15 is 0 Å². The fraction of sp³-hybridized carbons (Fsp3) is 0.286. The first kappa shape index (κ1) is 22.8. The number of nitrogens with one attached hydrogen (secondary N) is 2. The fourth-order valence-corrected chi connectivity index (χ4v) is 2.76. The van der Waals surface area contributed by atoms with E-state index in [1.807, 2.05) is 42.9 Å². The Morgan fingerprint density at radius 2 is 1.83 bits per heavy atom. The summed E-state index contributed by atoms with van der Waals surface area (Å²) in [5.74, 6) is 2.28. The molecular weight excluding hydrogens is 482 g/mol. The minimum Gasteiger partial charge on any atom is -0.357 e. The normalized spacial score (nSPS) is 11.1. The first-order valence-corrected chi connectivity index (χ1v) is 9.37. The van der Waals surface area contributed by atoms with Gasteiger partial charge in [-0.25, -0.2) is 19.4 Å². The van der Waals surface area contributed by atoms with Crippen molar-refractivity contribution in [1.82, 2.24) is 25.2 Å². The van der Waals surface area contributed by atoms with Crippen LogP contribution in [0.15, 0.2) is 60.0 Å². The van der Waals surface area contributed by atoms with Crippen LogP contribution in [0, 0.1) is 12.7 Å². The number of hydrogen-bond donors (Lipinski definition) is 2. The number of pyridine rings is 1. The Kier molecular flexibility index (Phi) is 9.04. The second kappa shape index (κ2) is 11.5. The van der Waals surface area contributed by atoms with Crippen molar-refractivity contribution in [3.05, 3.63) is 77.8 Å². The van der Waals surface area contributed by atoms with Gasteiger partial charge in [-0.2, -0.15) is 0 Å². The number of aromatic nitrogens is 3. The fourth-order valence-electron chi connectivity index (χ4n) is 2.76. The van der Waals surface area contributed by atoms with Gasteiger partial charge < -0.3 is 10.6 Å². The molecule has 8 heteroatoms. The molecule has 0 aliphatic carbocycles. The molecule has 2 N–H and O–H groups in total. The van der Waals surface area contributed by atoms with Crippen LogP contribution in [0.1, 0.15) is 23.9 Å². The van der Waals surface area contributed by atoms with Crippen molar-refractivity contribution < 1.29 is 4.39 Å². The average Bonchev–Trinajstić information content (AvgIpc) is 3.14. The maximum Gasteiger partial charge on any atom is 0.191 e. The van der Waals surface area contributed by atoms with Gasteiger partial charge in [0.25, 0.3) is 0 Å². The van der Waals surface area contributed by atoms with Gasteiger partial charge in [0.15, 0.2) is 5.96 Å². The second-order valence-corrected chi connectivity index (χ2v) is 6.37. The van der Waals surface area contributed by atoms with E-state index < -0.39 is 0 Å². The van der Waals surface area contributed by atoms with E-state index in [-0.39, 0.29) is 29.8 Å². The Morgan fingerprint density at radius 3 is 2.45 bits per heavy atom. The minimum atomic E-state index is -0.213. The number of aliphatic imine (C=N–C) groups is 1. The van der Waals surface area contributed by atoms with Gasteiger partial charge in [-0.05, 0) is 49.6 Å². The molecule has 2 heterocycles. The van der Waals surface area contributed by atoms with Crippen molar-refractivity contribution in [3.8, 4) is 5.82 Å². The molecule has 0 saturated heterocycles. The van der Waals surface area contributed by atoms with Gasteiger partial charge in [0.05, 0.1) is 6.54 Å². The highest BCUT2D eigenvalue weighted by atomic mass is 127. The lowest BCUT2D eigenvalue weighted by atomic mass is 10.1. The molecule has 0 amide bonds. The minimum absolute atomic E-state index is 0. The van der Waals surface area contributed by atoms with E-state index in [2.05, 4.69) is 25.6 Å². The first-order valence-electron chi connectivity index (χ1n) is 9.37. The molecule has 0 saturated carbocycles. The Morgan fingerprint density at radius 1 is 1.07 bits per heavy atom. The van der Waals surface area contributed by atoms with Crippen molar-refractivity contribution in [1.29, 1.82) is 0 Å².